The van der Waals surface area contributed by atoms with E-state index in [2.05, 4.69) is 10.6 Å². The first kappa shape index (κ1) is 12.7. The number of halogens is 1. The summed E-state index contributed by atoms with van der Waals surface area (Å²) >= 11 is 5.89. The highest BCUT2D eigenvalue weighted by atomic mass is 35.5. The Bertz CT molecular complexity index is 490. The van der Waals surface area contributed by atoms with E-state index in [1.54, 1.807) is 18.2 Å². The highest BCUT2D eigenvalue weighted by molar-refractivity contribution is 6.32. The van der Waals surface area contributed by atoms with Gasteiger partial charge in [-0.05, 0) is 12.1 Å². The fourth-order valence-corrected chi connectivity index (χ4v) is 1.97. The van der Waals surface area contributed by atoms with Gasteiger partial charge >= 0.3 is 0 Å². The van der Waals surface area contributed by atoms with E-state index < -0.39 is 0 Å². The molecule has 1 aliphatic rings. The number of benzene rings is 1. The molecule has 1 aromatic rings. The van der Waals surface area contributed by atoms with Crippen molar-refractivity contribution in [2.45, 2.75) is 6.42 Å². The predicted octanol–water partition coefficient (Wildman–Crippen LogP) is 1.42. The van der Waals surface area contributed by atoms with Gasteiger partial charge in [0.1, 0.15) is 5.75 Å². The third kappa shape index (κ3) is 2.73. The number of hydrogen-bond acceptors (Lipinski definition) is 3. The zero-order chi connectivity index (χ0) is 13.1. The van der Waals surface area contributed by atoms with Crippen molar-refractivity contribution < 1.29 is 14.3 Å². The zero-order valence-electron chi connectivity index (χ0n) is 9.83. The largest absolute Gasteiger partial charge is 0.495 e. The Hall–Kier alpha value is -1.75. The van der Waals surface area contributed by atoms with Crippen molar-refractivity contribution in [3.63, 3.8) is 0 Å². The third-order valence-corrected chi connectivity index (χ3v) is 3.08. The molecule has 1 unspecified atom stereocenters. The van der Waals surface area contributed by atoms with Crippen LogP contribution in [0.5, 0.6) is 5.75 Å². The molecular weight excluding hydrogens is 256 g/mol. The molecule has 0 spiro atoms. The van der Waals surface area contributed by atoms with E-state index in [4.69, 9.17) is 16.3 Å². The van der Waals surface area contributed by atoms with E-state index in [1.807, 2.05) is 0 Å². The number of ether oxygens (including phenoxy) is 1. The molecule has 1 saturated heterocycles. The first-order valence-corrected chi connectivity index (χ1v) is 5.89. The van der Waals surface area contributed by atoms with Crippen LogP contribution >= 0.6 is 11.6 Å². The van der Waals surface area contributed by atoms with Crippen molar-refractivity contribution in [2.75, 3.05) is 19.0 Å². The molecule has 1 heterocycles. The van der Waals surface area contributed by atoms with E-state index in [0.29, 0.717) is 23.0 Å². The topological polar surface area (TPSA) is 67.4 Å². The summed E-state index contributed by atoms with van der Waals surface area (Å²) in [5.41, 5.74) is 0.598. The third-order valence-electron chi connectivity index (χ3n) is 2.77. The maximum absolute atomic E-state index is 11.9. The Kier molecular flexibility index (Phi) is 3.72. The van der Waals surface area contributed by atoms with Crippen LogP contribution in [0, 0.1) is 5.92 Å². The number of methoxy groups -OCH3 is 1. The second-order valence-corrected chi connectivity index (χ2v) is 4.45. The first-order chi connectivity index (χ1) is 8.60. The highest BCUT2D eigenvalue weighted by Gasteiger charge is 2.27. The molecule has 18 heavy (non-hydrogen) atoms. The Morgan fingerprint density at radius 1 is 1.56 bits per heavy atom. The van der Waals surface area contributed by atoms with E-state index in [9.17, 15) is 9.59 Å². The van der Waals surface area contributed by atoms with Gasteiger partial charge in [0.2, 0.25) is 11.8 Å². The van der Waals surface area contributed by atoms with Crippen molar-refractivity contribution in [3.8, 4) is 5.75 Å². The quantitative estimate of drug-likeness (QED) is 0.871. The number of amides is 2. The van der Waals surface area contributed by atoms with Crippen LogP contribution in [0.2, 0.25) is 5.02 Å². The molecule has 2 rings (SSSR count). The average molecular weight is 269 g/mol. The molecule has 1 atom stereocenters. The standard InChI is InChI=1S/C12H13ClN2O3/c1-18-10-5-8(2-3-9(10)13)15-12(17)7-4-11(16)14-6-7/h2-3,5,7H,4,6H2,1H3,(H,14,16)(H,15,17). The number of carbonyl (C=O) groups is 2. The van der Waals surface area contributed by atoms with Crippen LogP contribution in [0.15, 0.2) is 18.2 Å². The zero-order valence-corrected chi connectivity index (χ0v) is 10.6. The van der Waals surface area contributed by atoms with E-state index in [0.717, 1.165) is 0 Å². The number of carbonyl (C=O) groups excluding carboxylic acids is 2. The van der Waals surface area contributed by atoms with E-state index in [-0.39, 0.29) is 24.2 Å². The van der Waals surface area contributed by atoms with Gasteiger partial charge in [-0.25, -0.2) is 0 Å². The lowest BCUT2D eigenvalue weighted by Crippen LogP contribution is -2.24. The summed E-state index contributed by atoms with van der Waals surface area (Å²) in [7, 11) is 1.51. The summed E-state index contributed by atoms with van der Waals surface area (Å²) in [6, 6.07) is 4.98. The minimum absolute atomic E-state index is 0.0937. The molecule has 0 aliphatic carbocycles. The first-order valence-electron chi connectivity index (χ1n) is 5.51. The lowest BCUT2D eigenvalue weighted by Gasteiger charge is -2.10. The molecule has 0 bridgehead atoms. The summed E-state index contributed by atoms with van der Waals surface area (Å²) in [4.78, 5) is 22.9. The smallest absolute Gasteiger partial charge is 0.229 e. The number of rotatable bonds is 3. The molecule has 0 radical (unpaired) electrons. The molecule has 0 saturated carbocycles. The van der Waals surface area contributed by atoms with E-state index in [1.165, 1.54) is 7.11 Å². The van der Waals surface area contributed by atoms with Crippen LogP contribution in [-0.4, -0.2) is 25.5 Å². The van der Waals surface area contributed by atoms with Gasteiger partial charge in [0.05, 0.1) is 18.1 Å². The van der Waals surface area contributed by atoms with Crippen molar-refractivity contribution in [1.29, 1.82) is 0 Å². The van der Waals surface area contributed by atoms with Crippen LogP contribution in [-0.2, 0) is 9.59 Å². The fourth-order valence-electron chi connectivity index (χ4n) is 1.77. The molecule has 1 fully saturated rings. The summed E-state index contributed by atoms with van der Waals surface area (Å²) in [5, 5.41) is 5.84. The highest BCUT2D eigenvalue weighted by Crippen LogP contribution is 2.27. The van der Waals surface area contributed by atoms with Gasteiger partial charge in [0.15, 0.2) is 0 Å². The molecule has 0 aromatic heterocycles. The van der Waals surface area contributed by atoms with E-state index >= 15 is 0 Å². The molecule has 2 amide bonds. The fraction of sp³-hybridized carbons (Fsp3) is 0.333. The van der Waals surface area contributed by atoms with Crippen molar-refractivity contribution in [3.05, 3.63) is 23.2 Å². The average Bonchev–Trinajstić information content (AvgIpc) is 2.78. The van der Waals surface area contributed by atoms with Crippen LogP contribution in [0.1, 0.15) is 6.42 Å². The lowest BCUT2D eigenvalue weighted by molar-refractivity contribution is -0.123. The van der Waals surface area contributed by atoms with Gasteiger partial charge in [-0.3, -0.25) is 9.59 Å². The Morgan fingerprint density at radius 2 is 2.33 bits per heavy atom. The van der Waals surface area contributed by atoms with Crippen molar-refractivity contribution in [2.24, 2.45) is 5.92 Å². The minimum atomic E-state index is -0.320. The number of anilines is 1. The number of hydrogen-bond donors (Lipinski definition) is 2. The summed E-state index contributed by atoms with van der Waals surface area (Å²) in [6.07, 6.45) is 0.233. The molecule has 5 nitrogen and oxygen atoms in total. The summed E-state index contributed by atoms with van der Waals surface area (Å²) < 4.78 is 5.06. The van der Waals surface area contributed by atoms with Gasteiger partial charge in [0, 0.05) is 24.7 Å². The second kappa shape index (κ2) is 5.27. The SMILES string of the molecule is COc1cc(NC(=O)C2CNC(=O)C2)ccc1Cl. The maximum Gasteiger partial charge on any atom is 0.229 e. The minimum Gasteiger partial charge on any atom is -0.495 e. The maximum atomic E-state index is 11.9. The monoisotopic (exact) mass is 268 g/mol. The molecule has 6 heteroatoms. The molecular formula is C12H13ClN2O3. The van der Waals surface area contributed by atoms with Crippen LogP contribution in [0.3, 0.4) is 0 Å². The van der Waals surface area contributed by atoms with Gasteiger partial charge in [-0.1, -0.05) is 11.6 Å². The van der Waals surface area contributed by atoms with Crippen LogP contribution in [0.25, 0.3) is 0 Å². The molecule has 96 valence electrons. The number of nitrogens with one attached hydrogen (secondary N) is 2. The predicted molar refractivity (Wildman–Crippen MR) is 67.8 cm³/mol. The second-order valence-electron chi connectivity index (χ2n) is 4.04. The molecule has 2 N–H and O–H groups in total. The molecule has 1 aliphatic heterocycles. The van der Waals surface area contributed by atoms with Crippen LogP contribution in [0.4, 0.5) is 5.69 Å². The molecule has 1 aromatic carbocycles. The Labute approximate surface area is 109 Å². The van der Waals surface area contributed by atoms with Gasteiger partial charge in [-0.2, -0.15) is 0 Å². The normalized spacial score (nSPS) is 18.3. The van der Waals surface area contributed by atoms with Crippen molar-refractivity contribution >= 4 is 29.1 Å². The summed E-state index contributed by atoms with van der Waals surface area (Å²) in [6.45, 7) is 0.384. The van der Waals surface area contributed by atoms with Gasteiger partial charge < -0.3 is 15.4 Å². The van der Waals surface area contributed by atoms with Gasteiger partial charge in [-0.15, -0.1) is 0 Å². The lowest BCUT2D eigenvalue weighted by atomic mass is 10.1. The summed E-state index contributed by atoms with van der Waals surface area (Å²) in [5.74, 6) is -0.101. The van der Waals surface area contributed by atoms with Crippen LogP contribution < -0.4 is 15.4 Å². The Balaban J connectivity index is 2.05. The Morgan fingerprint density at radius 3 is 2.94 bits per heavy atom. The van der Waals surface area contributed by atoms with Crippen molar-refractivity contribution in [1.82, 2.24) is 5.32 Å². The van der Waals surface area contributed by atoms with Gasteiger partial charge in [0.25, 0.3) is 0 Å².